The Balaban J connectivity index is 2.99. The van der Waals surface area contributed by atoms with Crippen molar-refractivity contribution >= 4 is 29.1 Å². The van der Waals surface area contributed by atoms with Crippen molar-refractivity contribution in [1.82, 2.24) is 9.88 Å². The Bertz CT molecular complexity index is 469. The van der Waals surface area contributed by atoms with E-state index < -0.39 is 31.8 Å². The van der Waals surface area contributed by atoms with Gasteiger partial charge in [0, 0.05) is 6.54 Å². The van der Waals surface area contributed by atoms with Crippen molar-refractivity contribution in [3.63, 3.8) is 0 Å². The molecular formula is C10H9Cl2F3N2O2. The summed E-state index contributed by atoms with van der Waals surface area (Å²) in [6, 6.07) is 2.42. The summed E-state index contributed by atoms with van der Waals surface area (Å²) in [6.07, 6.45) is -4.57. The Labute approximate surface area is 116 Å². The Morgan fingerprint density at radius 3 is 2.47 bits per heavy atom. The molecule has 4 nitrogen and oxygen atoms in total. The summed E-state index contributed by atoms with van der Waals surface area (Å²) < 4.78 is 37.0. The molecular weight excluding hydrogens is 308 g/mol. The highest BCUT2D eigenvalue weighted by molar-refractivity contribution is 6.34. The zero-order valence-electron chi connectivity index (χ0n) is 9.42. The third-order valence-electron chi connectivity index (χ3n) is 2.07. The summed E-state index contributed by atoms with van der Waals surface area (Å²) in [4.78, 5) is 15.9. The lowest BCUT2D eigenvalue weighted by atomic mass is 10.2. The first kappa shape index (κ1) is 16.0. The minimum absolute atomic E-state index is 0.0195. The summed E-state index contributed by atoms with van der Waals surface area (Å²) in [6.45, 7) is -2.54. The second kappa shape index (κ2) is 6.40. The normalized spacial score (nSPS) is 11.5. The van der Waals surface area contributed by atoms with E-state index in [1.165, 1.54) is 12.1 Å². The molecule has 0 aliphatic heterocycles. The number of halogens is 5. The first-order valence-electron chi connectivity index (χ1n) is 5.03. The molecule has 1 N–H and O–H groups in total. The molecule has 0 saturated heterocycles. The molecule has 1 aromatic heterocycles. The van der Waals surface area contributed by atoms with E-state index in [9.17, 15) is 18.0 Å². The summed E-state index contributed by atoms with van der Waals surface area (Å²) in [5.74, 6) is -0.972. The van der Waals surface area contributed by atoms with E-state index >= 15 is 0 Å². The van der Waals surface area contributed by atoms with Crippen LogP contribution in [0.3, 0.4) is 0 Å². The topological polar surface area (TPSA) is 53.4 Å². The monoisotopic (exact) mass is 316 g/mol. The van der Waals surface area contributed by atoms with E-state index in [0.717, 1.165) is 0 Å². The first-order valence-corrected chi connectivity index (χ1v) is 5.79. The van der Waals surface area contributed by atoms with Crippen LogP contribution in [0.5, 0.6) is 0 Å². The zero-order valence-corrected chi connectivity index (χ0v) is 10.9. The zero-order chi connectivity index (χ0) is 14.6. The summed E-state index contributed by atoms with van der Waals surface area (Å²) in [7, 11) is 0. The molecule has 1 heterocycles. The number of aliphatic hydroxyl groups excluding tert-OH is 1. The van der Waals surface area contributed by atoms with E-state index in [0.29, 0.717) is 4.90 Å². The number of aromatic nitrogens is 1. The van der Waals surface area contributed by atoms with Crippen molar-refractivity contribution < 1.29 is 23.1 Å². The molecule has 0 saturated carbocycles. The molecule has 1 rings (SSSR count). The molecule has 0 unspecified atom stereocenters. The number of carbonyl (C=O) groups excluding carboxylic acids is 1. The molecule has 106 valence electrons. The van der Waals surface area contributed by atoms with Gasteiger partial charge in [-0.15, -0.1) is 0 Å². The maximum absolute atomic E-state index is 12.3. The minimum atomic E-state index is -4.57. The number of carbonyl (C=O) groups is 1. The van der Waals surface area contributed by atoms with E-state index in [-0.39, 0.29) is 15.9 Å². The molecule has 0 aromatic carbocycles. The van der Waals surface area contributed by atoms with Crippen LogP contribution in [0.25, 0.3) is 0 Å². The third-order valence-corrected chi connectivity index (χ3v) is 2.57. The van der Waals surface area contributed by atoms with Crippen molar-refractivity contribution in [3.8, 4) is 0 Å². The minimum Gasteiger partial charge on any atom is -0.395 e. The Morgan fingerprint density at radius 1 is 1.37 bits per heavy atom. The largest absolute Gasteiger partial charge is 0.406 e. The standard InChI is InChI=1S/C10H9Cl2F3N2O2/c11-7-2-1-6(8(12)16-7)9(19)17(3-4-18)5-10(13,14)15/h1-2,18H,3-5H2. The SMILES string of the molecule is O=C(c1ccc(Cl)nc1Cl)N(CCO)CC(F)(F)F. The second-order valence-corrected chi connectivity index (χ2v) is 4.28. The van der Waals surface area contributed by atoms with E-state index in [4.69, 9.17) is 28.3 Å². The van der Waals surface area contributed by atoms with E-state index in [1.807, 2.05) is 0 Å². The summed E-state index contributed by atoms with van der Waals surface area (Å²) in [5, 5.41) is 8.44. The molecule has 0 aliphatic rings. The second-order valence-electron chi connectivity index (χ2n) is 3.54. The molecule has 9 heteroatoms. The lowest BCUT2D eigenvalue weighted by molar-refractivity contribution is -0.141. The maximum Gasteiger partial charge on any atom is 0.406 e. The Hall–Kier alpha value is -1.05. The number of hydrogen-bond acceptors (Lipinski definition) is 3. The molecule has 0 spiro atoms. The van der Waals surface area contributed by atoms with Crippen LogP contribution in [-0.4, -0.2) is 46.8 Å². The van der Waals surface area contributed by atoms with Crippen LogP contribution >= 0.6 is 23.2 Å². The highest BCUT2D eigenvalue weighted by atomic mass is 35.5. The number of rotatable bonds is 4. The van der Waals surface area contributed by atoms with Gasteiger partial charge in [0.05, 0.1) is 12.2 Å². The van der Waals surface area contributed by atoms with Crippen molar-refractivity contribution in [2.45, 2.75) is 6.18 Å². The lowest BCUT2D eigenvalue weighted by Gasteiger charge is -2.23. The smallest absolute Gasteiger partial charge is 0.395 e. The third kappa shape index (κ3) is 4.85. The van der Waals surface area contributed by atoms with Crippen LogP contribution in [0, 0.1) is 0 Å². The number of amides is 1. The Kier molecular flexibility index (Phi) is 5.39. The van der Waals surface area contributed by atoms with Gasteiger partial charge >= 0.3 is 6.18 Å². The molecule has 0 radical (unpaired) electrons. The van der Waals surface area contributed by atoms with Crippen LogP contribution in [0.15, 0.2) is 12.1 Å². The van der Waals surface area contributed by atoms with Crippen molar-refractivity contribution in [1.29, 1.82) is 0 Å². The average molecular weight is 317 g/mol. The Morgan fingerprint density at radius 2 is 2.00 bits per heavy atom. The van der Waals surface area contributed by atoms with Crippen molar-refractivity contribution in [2.24, 2.45) is 0 Å². The van der Waals surface area contributed by atoms with E-state index in [1.54, 1.807) is 0 Å². The van der Waals surface area contributed by atoms with Crippen LogP contribution in [0.2, 0.25) is 10.3 Å². The molecule has 0 aliphatic carbocycles. The quantitative estimate of drug-likeness (QED) is 0.868. The van der Waals surface area contributed by atoms with Gasteiger partial charge in [0.1, 0.15) is 16.9 Å². The van der Waals surface area contributed by atoms with Gasteiger partial charge in [0.25, 0.3) is 5.91 Å². The van der Waals surface area contributed by atoms with Gasteiger partial charge in [-0.25, -0.2) is 4.98 Å². The predicted octanol–water partition coefficient (Wildman–Crippen LogP) is 2.39. The van der Waals surface area contributed by atoms with Crippen LogP contribution in [0.1, 0.15) is 10.4 Å². The fourth-order valence-electron chi connectivity index (χ4n) is 1.33. The molecule has 0 fully saturated rings. The van der Waals surface area contributed by atoms with E-state index in [2.05, 4.69) is 4.98 Å². The van der Waals surface area contributed by atoms with Gasteiger partial charge in [0.2, 0.25) is 0 Å². The number of nitrogens with zero attached hydrogens (tertiary/aromatic N) is 2. The molecule has 0 atom stereocenters. The van der Waals surface area contributed by atoms with Crippen molar-refractivity contribution in [3.05, 3.63) is 28.0 Å². The van der Waals surface area contributed by atoms with Gasteiger partial charge in [-0.05, 0) is 12.1 Å². The van der Waals surface area contributed by atoms with Gasteiger partial charge in [-0.1, -0.05) is 23.2 Å². The van der Waals surface area contributed by atoms with Crippen LogP contribution < -0.4 is 0 Å². The number of hydrogen-bond donors (Lipinski definition) is 1. The highest BCUT2D eigenvalue weighted by Gasteiger charge is 2.33. The highest BCUT2D eigenvalue weighted by Crippen LogP contribution is 2.21. The van der Waals surface area contributed by atoms with Gasteiger partial charge in [-0.2, -0.15) is 13.2 Å². The molecule has 1 amide bonds. The molecule has 1 aromatic rings. The first-order chi connectivity index (χ1) is 8.74. The van der Waals surface area contributed by atoms with Gasteiger partial charge in [-0.3, -0.25) is 4.79 Å². The summed E-state index contributed by atoms with van der Waals surface area (Å²) in [5.41, 5.74) is -0.205. The van der Waals surface area contributed by atoms with Crippen LogP contribution in [0.4, 0.5) is 13.2 Å². The van der Waals surface area contributed by atoms with Gasteiger partial charge < -0.3 is 10.0 Å². The maximum atomic E-state index is 12.3. The van der Waals surface area contributed by atoms with Crippen molar-refractivity contribution in [2.75, 3.05) is 19.7 Å². The number of alkyl halides is 3. The summed E-state index contributed by atoms with van der Waals surface area (Å²) >= 11 is 11.2. The average Bonchev–Trinajstić information content (AvgIpc) is 2.26. The fourth-order valence-corrected chi connectivity index (χ4v) is 1.76. The lowest BCUT2D eigenvalue weighted by Crippen LogP contribution is -2.40. The predicted molar refractivity (Wildman–Crippen MR) is 63.3 cm³/mol. The molecule has 0 bridgehead atoms. The molecule has 19 heavy (non-hydrogen) atoms. The number of pyridine rings is 1. The van der Waals surface area contributed by atoms with Gasteiger partial charge in [0.15, 0.2) is 0 Å². The number of aliphatic hydroxyl groups is 1. The van der Waals surface area contributed by atoms with Crippen LogP contribution in [-0.2, 0) is 0 Å². The fraction of sp³-hybridized carbons (Fsp3) is 0.400.